The SMILES string of the molecule is CNCOCC(COP(=O)(O)OCCCCCCOP(=O)(O)OC(CO)COCNC)OP(=O)(O)OC. The molecule has 0 aromatic carbocycles. The summed E-state index contributed by atoms with van der Waals surface area (Å²) >= 11 is 0. The topological polar surface area (TPSA) is 230 Å². The summed E-state index contributed by atoms with van der Waals surface area (Å²) in [4.78, 5) is 28.9. The second-order valence-corrected chi connectivity index (χ2v) is 11.7. The van der Waals surface area contributed by atoms with Gasteiger partial charge in [-0.2, -0.15) is 0 Å². The van der Waals surface area contributed by atoms with Crippen LogP contribution in [0.15, 0.2) is 0 Å². The number of nitrogens with one attached hydrogen (secondary N) is 2. The molecular formula is C17H41N2O15P3. The average molecular weight is 606 g/mol. The standard InChI is InChI=1S/C17H41N2O15P3/c1-18-14-28-11-16(10-20)33-37(25,26)31-9-7-5-4-6-8-30-36(23,24)32-13-17(12-29-15-19-2)34-35(21,22)27-3/h16-20H,4-15H2,1-3H3,(H,21,22)(H,23,24)(H,25,26). The van der Waals surface area contributed by atoms with Crippen LogP contribution in [0.2, 0.25) is 0 Å². The molecule has 20 heteroatoms. The molecule has 0 heterocycles. The Labute approximate surface area is 216 Å². The molecule has 0 aliphatic heterocycles. The molecule has 0 bridgehead atoms. The Morgan fingerprint density at radius 3 is 1.65 bits per heavy atom. The van der Waals surface area contributed by atoms with E-state index in [1.165, 1.54) is 0 Å². The minimum absolute atomic E-state index is 0.0844. The molecule has 0 aliphatic carbocycles. The Kier molecular flexibility index (Phi) is 21.0. The van der Waals surface area contributed by atoms with E-state index in [1.807, 2.05) is 0 Å². The van der Waals surface area contributed by atoms with Gasteiger partial charge in [0.1, 0.15) is 12.2 Å². The highest BCUT2D eigenvalue weighted by molar-refractivity contribution is 7.48. The van der Waals surface area contributed by atoms with Crippen molar-refractivity contribution in [1.82, 2.24) is 10.6 Å². The molecule has 224 valence electrons. The van der Waals surface area contributed by atoms with Crippen LogP contribution in [0.5, 0.6) is 0 Å². The molecule has 0 aromatic heterocycles. The van der Waals surface area contributed by atoms with Gasteiger partial charge in [0.15, 0.2) is 0 Å². The normalized spacial score (nSPS) is 18.6. The maximum Gasteiger partial charge on any atom is 0.472 e. The zero-order chi connectivity index (χ0) is 28.2. The number of ether oxygens (including phenoxy) is 2. The molecule has 0 amide bonds. The summed E-state index contributed by atoms with van der Waals surface area (Å²) in [6.07, 6.45) is -0.342. The van der Waals surface area contributed by atoms with Crippen molar-refractivity contribution in [2.45, 2.75) is 37.9 Å². The lowest BCUT2D eigenvalue weighted by molar-refractivity contribution is -0.00427. The number of rotatable bonds is 26. The first kappa shape index (κ1) is 37.1. The van der Waals surface area contributed by atoms with Crippen molar-refractivity contribution in [2.24, 2.45) is 0 Å². The fourth-order valence-electron chi connectivity index (χ4n) is 2.39. The molecule has 17 nitrogen and oxygen atoms in total. The minimum atomic E-state index is -4.48. The summed E-state index contributed by atoms with van der Waals surface area (Å²) in [5.74, 6) is 0. The van der Waals surface area contributed by atoms with Crippen molar-refractivity contribution in [3.8, 4) is 0 Å². The molecular weight excluding hydrogens is 565 g/mol. The van der Waals surface area contributed by atoms with Crippen LogP contribution in [0.1, 0.15) is 25.7 Å². The molecule has 0 radical (unpaired) electrons. The molecule has 0 aromatic rings. The van der Waals surface area contributed by atoms with Gasteiger partial charge in [0.05, 0.1) is 53.1 Å². The Bertz CT molecular complexity index is 719. The number of aliphatic hydroxyl groups excluding tert-OH is 1. The number of phosphoric ester groups is 3. The van der Waals surface area contributed by atoms with Gasteiger partial charge in [0.2, 0.25) is 0 Å². The Hall–Kier alpha value is 0.130. The number of hydrogen-bond acceptors (Lipinski definition) is 14. The molecule has 0 saturated heterocycles. The highest BCUT2D eigenvalue weighted by Crippen LogP contribution is 2.47. The van der Waals surface area contributed by atoms with Crippen LogP contribution in [-0.4, -0.2) is 106 Å². The van der Waals surface area contributed by atoms with Crippen LogP contribution >= 0.6 is 23.5 Å². The number of phosphoric acid groups is 3. The smallest absolute Gasteiger partial charge is 0.394 e. The van der Waals surface area contributed by atoms with Gasteiger partial charge >= 0.3 is 23.5 Å². The van der Waals surface area contributed by atoms with Gasteiger partial charge < -0.3 is 29.3 Å². The van der Waals surface area contributed by atoms with Crippen molar-refractivity contribution >= 4 is 23.5 Å². The summed E-state index contributed by atoms with van der Waals surface area (Å²) in [5.41, 5.74) is 0. The Morgan fingerprint density at radius 1 is 0.676 bits per heavy atom. The zero-order valence-corrected chi connectivity index (χ0v) is 23.9. The summed E-state index contributed by atoms with van der Waals surface area (Å²) in [7, 11) is -9.02. The molecule has 0 spiro atoms. The van der Waals surface area contributed by atoms with Gasteiger partial charge in [-0.1, -0.05) is 12.8 Å². The van der Waals surface area contributed by atoms with Gasteiger partial charge in [-0.15, -0.1) is 0 Å². The van der Waals surface area contributed by atoms with Gasteiger partial charge in [-0.05, 0) is 26.9 Å². The van der Waals surface area contributed by atoms with E-state index in [1.54, 1.807) is 14.1 Å². The molecule has 0 fully saturated rings. The lowest BCUT2D eigenvalue weighted by atomic mass is 10.2. The van der Waals surface area contributed by atoms with E-state index < -0.39 is 48.9 Å². The van der Waals surface area contributed by atoms with Crippen LogP contribution in [-0.2, 0) is 50.3 Å². The van der Waals surface area contributed by atoms with Crippen molar-refractivity contribution < 1.29 is 70.1 Å². The molecule has 0 rings (SSSR count). The first-order valence-corrected chi connectivity index (χ1v) is 15.8. The van der Waals surface area contributed by atoms with Gasteiger partial charge in [0.25, 0.3) is 0 Å². The van der Waals surface area contributed by atoms with Crippen LogP contribution in [0.4, 0.5) is 0 Å². The Balaban J connectivity index is 4.17. The maximum atomic E-state index is 12.0. The number of hydrogen-bond donors (Lipinski definition) is 6. The highest BCUT2D eigenvalue weighted by Gasteiger charge is 2.29. The second-order valence-electron chi connectivity index (χ2n) is 7.34. The third kappa shape index (κ3) is 21.6. The van der Waals surface area contributed by atoms with Crippen LogP contribution in [0.25, 0.3) is 0 Å². The van der Waals surface area contributed by atoms with Gasteiger partial charge in [-0.25, -0.2) is 13.7 Å². The summed E-state index contributed by atoms with van der Waals surface area (Å²) < 4.78 is 74.3. The zero-order valence-electron chi connectivity index (χ0n) is 21.3. The fraction of sp³-hybridized carbons (Fsp3) is 1.00. The number of aliphatic hydroxyl groups is 1. The molecule has 0 aliphatic rings. The van der Waals surface area contributed by atoms with Crippen LogP contribution in [0, 0.1) is 0 Å². The molecule has 0 saturated carbocycles. The summed E-state index contributed by atoms with van der Waals surface area (Å²) in [5, 5.41) is 14.6. The van der Waals surface area contributed by atoms with Crippen molar-refractivity contribution in [2.75, 3.05) is 74.3 Å². The lowest BCUT2D eigenvalue weighted by Crippen LogP contribution is -2.27. The Morgan fingerprint density at radius 2 is 1.16 bits per heavy atom. The highest BCUT2D eigenvalue weighted by atomic mass is 31.2. The largest absolute Gasteiger partial charge is 0.472 e. The van der Waals surface area contributed by atoms with Gasteiger partial charge in [-0.3, -0.25) is 37.8 Å². The van der Waals surface area contributed by atoms with E-state index in [0.29, 0.717) is 25.7 Å². The van der Waals surface area contributed by atoms with E-state index in [4.69, 9.17) is 32.1 Å². The first-order chi connectivity index (χ1) is 17.4. The molecule has 6 N–H and O–H groups in total. The molecule has 5 atom stereocenters. The second kappa shape index (κ2) is 21.0. The van der Waals surface area contributed by atoms with Crippen LogP contribution < -0.4 is 10.6 Å². The minimum Gasteiger partial charge on any atom is -0.394 e. The molecule has 5 unspecified atom stereocenters. The maximum absolute atomic E-state index is 12.0. The fourth-order valence-corrected chi connectivity index (χ4v) is 4.69. The van der Waals surface area contributed by atoms with Crippen LogP contribution in [0.3, 0.4) is 0 Å². The monoisotopic (exact) mass is 606 g/mol. The third-order valence-electron chi connectivity index (χ3n) is 4.07. The quantitative estimate of drug-likeness (QED) is 0.0452. The predicted molar refractivity (Wildman–Crippen MR) is 129 cm³/mol. The summed E-state index contributed by atoms with van der Waals surface area (Å²) in [6, 6.07) is 0. The average Bonchev–Trinajstić information content (AvgIpc) is 2.83. The van der Waals surface area contributed by atoms with E-state index in [2.05, 4.69) is 15.2 Å². The van der Waals surface area contributed by atoms with E-state index >= 15 is 0 Å². The van der Waals surface area contributed by atoms with E-state index in [9.17, 15) is 33.5 Å². The molecule has 37 heavy (non-hydrogen) atoms. The predicted octanol–water partition coefficient (Wildman–Crippen LogP) is 0.694. The lowest BCUT2D eigenvalue weighted by Gasteiger charge is -2.21. The van der Waals surface area contributed by atoms with E-state index in [0.717, 1.165) is 7.11 Å². The van der Waals surface area contributed by atoms with Crippen molar-refractivity contribution in [3.05, 3.63) is 0 Å². The van der Waals surface area contributed by atoms with E-state index in [-0.39, 0.29) is 39.9 Å². The third-order valence-corrected chi connectivity index (χ3v) is 7.15. The first-order valence-electron chi connectivity index (χ1n) is 11.3. The van der Waals surface area contributed by atoms with Crippen molar-refractivity contribution in [3.63, 3.8) is 0 Å². The number of unbranched alkanes of at least 4 members (excludes halogenated alkanes) is 3. The van der Waals surface area contributed by atoms with Gasteiger partial charge in [0, 0.05) is 7.11 Å². The summed E-state index contributed by atoms with van der Waals surface area (Å²) in [6.45, 7) is -1.37. The van der Waals surface area contributed by atoms with Crippen molar-refractivity contribution in [1.29, 1.82) is 0 Å².